The summed E-state index contributed by atoms with van der Waals surface area (Å²) < 4.78 is 5.06. The van der Waals surface area contributed by atoms with Crippen molar-refractivity contribution in [3.63, 3.8) is 0 Å². The van der Waals surface area contributed by atoms with Crippen molar-refractivity contribution >= 4 is 40.8 Å². The Balaban J connectivity index is 1.96. The Kier molecular flexibility index (Phi) is 4.28. The van der Waals surface area contributed by atoms with Crippen molar-refractivity contribution in [2.24, 2.45) is 0 Å². The van der Waals surface area contributed by atoms with Gasteiger partial charge in [-0.3, -0.25) is 10.1 Å². The molecule has 0 spiro atoms. The molecule has 0 bridgehead atoms. The first-order valence-corrected chi connectivity index (χ1v) is 6.22. The van der Waals surface area contributed by atoms with Gasteiger partial charge >= 0.3 is 6.03 Å². The summed E-state index contributed by atoms with van der Waals surface area (Å²) in [5.41, 5.74) is 0.258. The molecule has 8 heteroatoms. The highest BCUT2D eigenvalue weighted by Crippen LogP contribution is 2.06. The fourth-order valence-electron chi connectivity index (χ4n) is 1.48. The van der Waals surface area contributed by atoms with Gasteiger partial charge in [-0.1, -0.05) is 11.6 Å². The molecule has 0 radical (unpaired) electrons. The molecule has 100 valence electrons. The first-order valence-electron chi connectivity index (χ1n) is 5.43. The lowest BCUT2D eigenvalue weighted by atomic mass is 10.3. The predicted molar refractivity (Wildman–Crippen MR) is 72.2 cm³/mol. The van der Waals surface area contributed by atoms with Crippen molar-refractivity contribution in [3.05, 3.63) is 29.0 Å². The van der Waals surface area contributed by atoms with Crippen LogP contribution < -0.4 is 5.32 Å². The molecule has 1 fully saturated rings. The quantitative estimate of drug-likeness (QED) is 0.624. The van der Waals surface area contributed by atoms with Gasteiger partial charge in [-0.25, -0.2) is 9.78 Å². The minimum absolute atomic E-state index is 0.202. The minimum atomic E-state index is -0.536. The number of ether oxygens (including phenoxy) is 1. The van der Waals surface area contributed by atoms with E-state index in [1.807, 2.05) is 0 Å². The molecule has 2 heterocycles. The fraction of sp³-hybridized carbons (Fsp3) is 0.273. The van der Waals surface area contributed by atoms with Gasteiger partial charge in [0.2, 0.25) is 0 Å². The normalized spacial score (nSPS) is 14.8. The third kappa shape index (κ3) is 3.62. The van der Waals surface area contributed by atoms with Gasteiger partial charge in [0.25, 0.3) is 5.91 Å². The van der Waals surface area contributed by atoms with Crippen molar-refractivity contribution in [2.75, 3.05) is 19.7 Å². The Bertz CT molecular complexity index is 520. The standard InChI is InChI=1S/C11H10ClN3O3S/c12-8-2-1-7(5-13-8)10(16)14-11(17)15-3-4-18-9(19)6-15/h1-2,5H,3-4,6H2,(H,14,16,17). The summed E-state index contributed by atoms with van der Waals surface area (Å²) in [6.45, 7) is 0.925. The number of halogens is 1. The third-order valence-electron chi connectivity index (χ3n) is 2.44. The zero-order chi connectivity index (χ0) is 13.8. The monoisotopic (exact) mass is 299 g/mol. The number of aromatic nitrogens is 1. The number of urea groups is 1. The fourth-order valence-corrected chi connectivity index (χ4v) is 1.83. The summed E-state index contributed by atoms with van der Waals surface area (Å²) in [5.74, 6) is -0.536. The molecule has 1 saturated heterocycles. The van der Waals surface area contributed by atoms with E-state index in [0.29, 0.717) is 18.2 Å². The average Bonchev–Trinajstić information content (AvgIpc) is 2.39. The Morgan fingerprint density at radius 2 is 2.26 bits per heavy atom. The van der Waals surface area contributed by atoms with Crippen LogP contribution in [0.15, 0.2) is 18.3 Å². The molecule has 0 aliphatic carbocycles. The maximum Gasteiger partial charge on any atom is 0.324 e. The Morgan fingerprint density at radius 3 is 2.89 bits per heavy atom. The van der Waals surface area contributed by atoms with E-state index >= 15 is 0 Å². The number of nitrogens with one attached hydrogen (secondary N) is 1. The number of morpholine rings is 1. The second-order valence-electron chi connectivity index (χ2n) is 3.77. The second-order valence-corrected chi connectivity index (χ2v) is 4.61. The van der Waals surface area contributed by atoms with Crippen LogP contribution in [-0.2, 0) is 4.74 Å². The highest BCUT2D eigenvalue weighted by Gasteiger charge is 2.22. The Hall–Kier alpha value is -1.73. The molecule has 0 saturated carbocycles. The topological polar surface area (TPSA) is 71.5 Å². The number of pyridine rings is 1. The summed E-state index contributed by atoms with van der Waals surface area (Å²) >= 11 is 10.5. The average molecular weight is 300 g/mol. The number of thiocarbonyl (C=S) groups is 1. The van der Waals surface area contributed by atoms with E-state index in [0.717, 1.165) is 0 Å². The maximum absolute atomic E-state index is 11.8. The molecule has 0 atom stereocenters. The molecule has 0 aromatic carbocycles. The van der Waals surface area contributed by atoms with Crippen molar-refractivity contribution < 1.29 is 14.3 Å². The summed E-state index contributed by atoms with van der Waals surface area (Å²) in [6.07, 6.45) is 1.30. The number of rotatable bonds is 1. The first kappa shape index (κ1) is 13.7. The SMILES string of the molecule is O=C(NC(=O)N1CCOC(=S)C1)c1ccc(Cl)nc1. The van der Waals surface area contributed by atoms with E-state index in [-0.39, 0.29) is 17.3 Å². The van der Waals surface area contributed by atoms with E-state index in [9.17, 15) is 9.59 Å². The first-order chi connectivity index (χ1) is 9.06. The number of carbonyl (C=O) groups is 2. The van der Waals surface area contributed by atoms with Crippen molar-refractivity contribution in [1.29, 1.82) is 0 Å². The van der Waals surface area contributed by atoms with Gasteiger partial charge in [0.1, 0.15) is 11.8 Å². The van der Waals surface area contributed by atoms with E-state index in [4.69, 9.17) is 28.6 Å². The summed E-state index contributed by atoms with van der Waals surface area (Å²) in [7, 11) is 0. The van der Waals surface area contributed by atoms with Gasteiger partial charge in [0, 0.05) is 6.20 Å². The molecule has 2 rings (SSSR count). The maximum atomic E-state index is 11.8. The van der Waals surface area contributed by atoms with Gasteiger partial charge in [0.05, 0.1) is 18.7 Å². The summed E-state index contributed by atoms with van der Waals surface area (Å²) in [4.78, 5) is 28.8. The van der Waals surface area contributed by atoms with Crippen molar-refractivity contribution in [1.82, 2.24) is 15.2 Å². The number of imide groups is 1. The molecule has 6 nitrogen and oxygen atoms in total. The highest BCUT2D eigenvalue weighted by molar-refractivity contribution is 7.80. The van der Waals surface area contributed by atoms with Crippen LogP contribution in [0.5, 0.6) is 0 Å². The number of hydrogen-bond acceptors (Lipinski definition) is 5. The summed E-state index contributed by atoms with van der Waals surface area (Å²) in [5, 5.41) is 2.87. The zero-order valence-electron chi connectivity index (χ0n) is 9.76. The van der Waals surface area contributed by atoms with Crippen LogP contribution in [0.2, 0.25) is 5.15 Å². The molecular weight excluding hydrogens is 290 g/mol. The molecule has 1 aliphatic rings. The molecule has 0 unspecified atom stereocenters. The second kappa shape index (κ2) is 5.94. The Labute approximate surface area is 119 Å². The number of nitrogens with zero attached hydrogens (tertiary/aromatic N) is 2. The van der Waals surface area contributed by atoms with E-state index in [2.05, 4.69) is 10.3 Å². The molecule has 1 N–H and O–H groups in total. The van der Waals surface area contributed by atoms with Gasteiger partial charge < -0.3 is 9.64 Å². The zero-order valence-corrected chi connectivity index (χ0v) is 11.3. The molecule has 1 aromatic rings. The highest BCUT2D eigenvalue weighted by atomic mass is 35.5. The van der Waals surface area contributed by atoms with Gasteiger partial charge in [-0.05, 0) is 24.4 Å². The van der Waals surface area contributed by atoms with Crippen molar-refractivity contribution in [2.45, 2.75) is 0 Å². The van der Waals surface area contributed by atoms with Crippen LogP contribution in [0.1, 0.15) is 10.4 Å². The van der Waals surface area contributed by atoms with Crippen LogP contribution in [0.3, 0.4) is 0 Å². The van der Waals surface area contributed by atoms with Gasteiger partial charge in [0.15, 0.2) is 5.05 Å². The van der Waals surface area contributed by atoms with Crippen molar-refractivity contribution in [3.8, 4) is 0 Å². The van der Waals surface area contributed by atoms with Crippen LogP contribution >= 0.6 is 23.8 Å². The van der Waals surface area contributed by atoms with E-state index < -0.39 is 11.9 Å². The molecule has 1 aromatic heterocycles. The smallest absolute Gasteiger partial charge is 0.324 e. The summed E-state index contributed by atoms with van der Waals surface area (Å²) in [6, 6.07) is 2.46. The number of carbonyl (C=O) groups excluding carboxylic acids is 2. The third-order valence-corrected chi connectivity index (χ3v) is 2.91. The molecule has 19 heavy (non-hydrogen) atoms. The lowest BCUT2D eigenvalue weighted by molar-refractivity contribution is 0.0944. The lowest BCUT2D eigenvalue weighted by Gasteiger charge is -2.27. The number of amides is 3. The largest absolute Gasteiger partial charge is 0.483 e. The predicted octanol–water partition coefficient (Wildman–Crippen LogP) is 1.24. The lowest BCUT2D eigenvalue weighted by Crippen LogP contribution is -2.49. The van der Waals surface area contributed by atoms with E-state index in [1.165, 1.54) is 23.2 Å². The van der Waals surface area contributed by atoms with Crippen LogP contribution in [0.4, 0.5) is 4.79 Å². The number of hydrogen-bond donors (Lipinski definition) is 1. The Morgan fingerprint density at radius 1 is 1.47 bits per heavy atom. The van der Waals surface area contributed by atoms with Crippen LogP contribution in [0.25, 0.3) is 0 Å². The minimum Gasteiger partial charge on any atom is -0.483 e. The van der Waals surface area contributed by atoms with Crippen LogP contribution in [0, 0.1) is 0 Å². The van der Waals surface area contributed by atoms with Gasteiger partial charge in [-0.2, -0.15) is 0 Å². The molecule has 3 amide bonds. The molecule has 1 aliphatic heterocycles. The molecular formula is C11H10ClN3O3S. The van der Waals surface area contributed by atoms with Crippen LogP contribution in [-0.4, -0.2) is 46.6 Å². The van der Waals surface area contributed by atoms with E-state index in [1.54, 1.807) is 0 Å². The van der Waals surface area contributed by atoms with Gasteiger partial charge in [-0.15, -0.1) is 0 Å².